The van der Waals surface area contributed by atoms with Crippen LogP contribution in [0.2, 0.25) is 5.02 Å². The lowest BCUT2D eigenvalue weighted by molar-refractivity contribution is -0.142. The van der Waals surface area contributed by atoms with E-state index in [0.717, 1.165) is 40.9 Å². The third kappa shape index (κ3) is 1.70. The second-order valence-corrected chi connectivity index (χ2v) is 5.11. The monoisotopic (exact) mass is 263 g/mol. The first kappa shape index (κ1) is 11.6. The van der Waals surface area contributed by atoms with Gasteiger partial charge in [0.2, 0.25) is 0 Å². The van der Waals surface area contributed by atoms with Crippen molar-refractivity contribution in [1.82, 2.24) is 4.98 Å². The molecule has 4 heteroatoms. The number of rotatable bonds is 1. The molecule has 1 aromatic carbocycles. The number of carbonyl (C=O) groups excluding carboxylic acids is 1. The molecule has 1 aliphatic rings. The summed E-state index contributed by atoms with van der Waals surface area (Å²) in [6.07, 6.45) is 2.84. The van der Waals surface area contributed by atoms with Gasteiger partial charge in [0.25, 0.3) is 0 Å². The predicted molar refractivity (Wildman–Crippen MR) is 71.0 cm³/mol. The fourth-order valence-corrected chi connectivity index (χ4v) is 2.98. The Morgan fingerprint density at radius 3 is 3.11 bits per heavy atom. The van der Waals surface area contributed by atoms with Gasteiger partial charge >= 0.3 is 5.97 Å². The van der Waals surface area contributed by atoms with Gasteiger partial charge in [-0.25, -0.2) is 0 Å². The number of methoxy groups -OCH3 is 1. The molecule has 0 spiro atoms. The standard InChI is InChI=1S/C14H14ClNO2/c1-18-14(17)10-4-2-3-9-11-7-8(15)5-6-12(11)16-13(9)10/h5-7,10,16H,2-4H2,1H3/t10-/m1/s1. The molecule has 0 amide bonds. The third-order valence-electron chi connectivity index (χ3n) is 3.65. The predicted octanol–water partition coefficient (Wildman–Crippen LogP) is 3.41. The lowest BCUT2D eigenvalue weighted by atomic mass is 9.87. The third-order valence-corrected chi connectivity index (χ3v) is 3.89. The number of nitrogens with one attached hydrogen (secondary N) is 1. The topological polar surface area (TPSA) is 42.1 Å². The van der Waals surface area contributed by atoms with Crippen LogP contribution < -0.4 is 0 Å². The first-order valence-electron chi connectivity index (χ1n) is 6.08. The average Bonchev–Trinajstić information content (AvgIpc) is 2.75. The van der Waals surface area contributed by atoms with Gasteiger partial charge < -0.3 is 9.72 Å². The molecule has 0 aliphatic heterocycles. The van der Waals surface area contributed by atoms with Crippen LogP contribution in [-0.4, -0.2) is 18.1 Å². The van der Waals surface area contributed by atoms with Gasteiger partial charge in [0.1, 0.15) is 0 Å². The number of hydrogen-bond donors (Lipinski definition) is 1. The minimum Gasteiger partial charge on any atom is -0.469 e. The minimum atomic E-state index is -0.162. The van der Waals surface area contributed by atoms with Crippen LogP contribution >= 0.6 is 11.6 Å². The van der Waals surface area contributed by atoms with Gasteiger partial charge in [0.15, 0.2) is 0 Å². The number of hydrogen-bond acceptors (Lipinski definition) is 2. The molecule has 0 fully saturated rings. The lowest BCUT2D eigenvalue weighted by Gasteiger charge is -2.20. The van der Waals surface area contributed by atoms with E-state index in [0.29, 0.717) is 0 Å². The van der Waals surface area contributed by atoms with E-state index in [9.17, 15) is 4.79 Å². The number of fused-ring (bicyclic) bond motifs is 3. The van der Waals surface area contributed by atoms with E-state index in [2.05, 4.69) is 4.98 Å². The van der Waals surface area contributed by atoms with E-state index in [4.69, 9.17) is 16.3 Å². The Kier molecular flexibility index (Phi) is 2.78. The Bertz CT molecular complexity index is 618. The molecular formula is C14H14ClNO2. The molecule has 1 aliphatic carbocycles. The number of esters is 1. The quantitative estimate of drug-likeness (QED) is 0.801. The highest BCUT2D eigenvalue weighted by Gasteiger charge is 2.30. The maximum atomic E-state index is 11.8. The molecule has 1 aromatic heterocycles. The summed E-state index contributed by atoms with van der Waals surface area (Å²) in [6.45, 7) is 0. The molecule has 2 aromatic rings. The largest absolute Gasteiger partial charge is 0.469 e. The van der Waals surface area contributed by atoms with E-state index < -0.39 is 0 Å². The Morgan fingerprint density at radius 1 is 1.50 bits per heavy atom. The zero-order valence-electron chi connectivity index (χ0n) is 10.1. The molecule has 0 unspecified atom stereocenters. The number of halogens is 1. The number of H-pyrrole nitrogens is 1. The number of aromatic amines is 1. The second kappa shape index (κ2) is 4.32. The fraction of sp³-hybridized carbons (Fsp3) is 0.357. The van der Waals surface area contributed by atoms with Crippen LogP contribution in [0.4, 0.5) is 0 Å². The summed E-state index contributed by atoms with van der Waals surface area (Å²) in [4.78, 5) is 15.2. The maximum Gasteiger partial charge on any atom is 0.314 e. The Labute approximate surface area is 110 Å². The highest BCUT2D eigenvalue weighted by Crippen LogP contribution is 2.37. The summed E-state index contributed by atoms with van der Waals surface area (Å²) in [6, 6.07) is 5.79. The molecule has 1 heterocycles. The van der Waals surface area contributed by atoms with Gasteiger partial charge in [0, 0.05) is 21.6 Å². The molecule has 0 saturated heterocycles. The van der Waals surface area contributed by atoms with E-state index in [1.54, 1.807) is 0 Å². The second-order valence-electron chi connectivity index (χ2n) is 4.68. The molecule has 3 rings (SSSR count). The van der Waals surface area contributed by atoms with Gasteiger partial charge in [-0.15, -0.1) is 0 Å². The number of ether oxygens (including phenoxy) is 1. The molecule has 0 bridgehead atoms. The van der Waals surface area contributed by atoms with Gasteiger partial charge in [-0.3, -0.25) is 4.79 Å². The fourth-order valence-electron chi connectivity index (χ4n) is 2.81. The zero-order chi connectivity index (χ0) is 12.7. The van der Waals surface area contributed by atoms with Gasteiger partial charge in [-0.1, -0.05) is 11.6 Å². The van der Waals surface area contributed by atoms with Crippen LogP contribution in [0.15, 0.2) is 18.2 Å². The summed E-state index contributed by atoms with van der Waals surface area (Å²) in [5.41, 5.74) is 3.26. The SMILES string of the molecule is COC(=O)[C@@H]1CCCc2c1[nH]c1ccc(Cl)cc21. The Balaban J connectivity index is 2.18. The highest BCUT2D eigenvalue weighted by atomic mass is 35.5. The van der Waals surface area contributed by atoms with Gasteiger partial charge in [-0.05, 0) is 43.0 Å². The Hall–Kier alpha value is -1.48. The van der Waals surface area contributed by atoms with Crippen LogP contribution in [0.25, 0.3) is 10.9 Å². The normalized spacial score (nSPS) is 18.7. The van der Waals surface area contributed by atoms with Crippen molar-refractivity contribution < 1.29 is 9.53 Å². The summed E-state index contributed by atoms with van der Waals surface area (Å²) in [5.74, 6) is -0.321. The molecule has 1 N–H and O–H groups in total. The maximum absolute atomic E-state index is 11.8. The number of aryl methyl sites for hydroxylation is 1. The van der Waals surface area contributed by atoms with Crippen molar-refractivity contribution >= 4 is 28.5 Å². The average molecular weight is 264 g/mol. The van der Waals surface area contributed by atoms with E-state index in [1.807, 2.05) is 18.2 Å². The molecule has 3 nitrogen and oxygen atoms in total. The number of aromatic nitrogens is 1. The summed E-state index contributed by atoms with van der Waals surface area (Å²) in [7, 11) is 1.44. The summed E-state index contributed by atoms with van der Waals surface area (Å²) < 4.78 is 4.88. The van der Waals surface area contributed by atoms with Crippen molar-refractivity contribution in [2.24, 2.45) is 0 Å². The molecule has 1 atom stereocenters. The lowest BCUT2D eigenvalue weighted by Crippen LogP contribution is -2.19. The summed E-state index contributed by atoms with van der Waals surface area (Å²) >= 11 is 6.04. The first-order chi connectivity index (χ1) is 8.70. The van der Waals surface area contributed by atoms with Crippen molar-refractivity contribution in [3.63, 3.8) is 0 Å². The minimum absolute atomic E-state index is 0.159. The van der Waals surface area contributed by atoms with Crippen LogP contribution in [-0.2, 0) is 16.0 Å². The van der Waals surface area contributed by atoms with Crippen LogP contribution in [0.3, 0.4) is 0 Å². The summed E-state index contributed by atoms with van der Waals surface area (Å²) in [5, 5.41) is 1.86. The van der Waals surface area contributed by atoms with Gasteiger partial charge in [-0.2, -0.15) is 0 Å². The van der Waals surface area contributed by atoms with Crippen molar-refractivity contribution in [1.29, 1.82) is 0 Å². The van der Waals surface area contributed by atoms with E-state index in [-0.39, 0.29) is 11.9 Å². The molecule has 18 heavy (non-hydrogen) atoms. The van der Waals surface area contributed by atoms with Crippen LogP contribution in [0.1, 0.15) is 30.0 Å². The Morgan fingerprint density at radius 2 is 2.33 bits per heavy atom. The zero-order valence-corrected chi connectivity index (χ0v) is 10.9. The molecule has 0 saturated carbocycles. The van der Waals surface area contributed by atoms with Crippen LogP contribution in [0, 0.1) is 0 Å². The first-order valence-corrected chi connectivity index (χ1v) is 6.46. The molecule has 0 radical (unpaired) electrons. The van der Waals surface area contributed by atoms with Crippen molar-refractivity contribution in [2.45, 2.75) is 25.2 Å². The highest BCUT2D eigenvalue weighted by molar-refractivity contribution is 6.31. The van der Waals surface area contributed by atoms with E-state index in [1.165, 1.54) is 12.7 Å². The van der Waals surface area contributed by atoms with Crippen LogP contribution in [0.5, 0.6) is 0 Å². The number of carbonyl (C=O) groups is 1. The molecule has 94 valence electrons. The van der Waals surface area contributed by atoms with Crippen molar-refractivity contribution in [2.75, 3.05) is 7.11 Å². The van der Waals surface area contributed by atoms with Gasteiger partial charge in [0.05, 0.1) is 13.0 Å². The number of benzene rings is 1. The van der Waals surface area contributed by atoms with Crippen molar-refractivity contribution in [3.8, 4) is 0 Å². The van der Waals surface area contributed by atoms with E-state index >= 15 is 0 Å². The van der Waals surface area contributed by atoms with Crippen molar-refractivity contribution in [3.05, 3.63) is 34.5 Å². The molecular weight excluding hydrogens is 250 g/mol. The smallest absolute Gasteiger partial charge is 0.314 e.